The molecule has 0 atom stereocenters. The van der Waals surface area contributed by atoms with Gasteiger partial charge in [0.25, 0.3) is 10.1 Å². The van der Waals surface area contributed by atoms with E-state index in [1.165, 1.54) is 0 Å². The van der Waals surface area contributed by atoms with E-state index in [4.69, 9.17) is 13.7 Å². The van der Waals surface area contributed by atoms with Crippen molar-refractivity contribution < 1.29 is 22.1 Å². The lowest BCUT2D eigenvalue weighted by Crippen LogP contribution is -2.42. The van der Waals surface area contributed by atoms with Crippen molar-refractivity contribution in [3.8, 4) is 0 Å². The van der Waals surface area contributed by atoms with E-state index >= 15 is 0 Å². The number of unbranched alkanes of at least 4 members (excludes halogenated alkanes) is 2. The molecule has 5 nitrogen and oxygen atoms in total. The fourth-order valence-electron chi connectivity index (χ4n) is 4.14. The molecule has 1 saturated carbocycles. The average Bonchev–Trinajstić information content (AvgIpc) is 3.12. The van der Waals surface area contributed by atoms with Gasteiger partial charge >= 0.3 is 0 Å². The second kappa shape index (κ2) is 8.60. The second-order valence-corrected chi connectivity index (χ2v) is 9.71. The molecule has 0 radical (unpaired) electrons. The van der Waals surface area contributed by atoms with Crippen molar-refractivity contribution in [1.82, 2.24) is 0 Å². The Morgan fingerprint density at radius 3 is 2.22 bits per heavy atom. The van der Waals surface area contributed by atoms with E-state index in [-0.39, 0.29) is 16.9 Å². The minimum atomic E-state index is -3.74. The predicted molar refractivity (Wildman–Crippen MR) is 104 cm³/mol. The molecule has 1 spiro atoms. The van der Waals surface area contributed by atoms with E-state index < -0.39 is 15.9 Å². The fraction of sp³-hybridized carbons (Fsp3) is 0.714. The van der Waals surface area contributed by atoms with Crippen LogP contribution in [0.3, 0.4) is 0 Å². The first-order valence-corrected chi connectivity index (χ1v) is 11.5. The largest absolute Gasteiger partial charge is 0.348 e. The van der Waals surface area contributed by atoms with Crippen molar-refractivity contribution in [3.63, 3.8) is 0 Å². The maximum Gasteiger partial charge on any atom is 0.296 e. The van der Waals surface area contributed by atoms with Gasteiger partial charge in [0.15, 0.2) is 5.79 Å². The monoisotopic (exact) mass is 396 g/mol. The quantitative estimate of drug-likeness (QED) is 0.475. The topological polar surface area (TPSA) is 61.8 Å². The number of rotatable bonds is 8. The first-order chi connectivity index (χ1) is 12.9. The summed E-state index contributed by atoms with van der Waals surface area (Å²) in [5.41, 5.74) is 0.909. The van der Waals surface area contributed by atoms with Crippen molar-refractivity contribution in [2.24, 2.45) is 5.41 Å². The molecule has 3 rings (SSSR count). The third-order valence-corrected chi connectivity index (χ3v) is 7.30. The maximum atomic E-state index is 12.6. The Bertz CT molecular complexity index is 695. The summed E-state index contributed by atoms with van der Waals surface area (Å²) in [7, 11) is -3.74. The number of hydrogen-bond donors (Lipinski definition) is 0. The number of benzene rings is 1. The van der Waals surface area contributed by atoms with E-state index in [0.717, 1.165) is 56.9 Å². The predicted octanol–water partition coefficient (Wildman–Crippen LogP) is 4.58. The molecule has 1 heterocycles. The second-order valence-electron chi connectivity index (χ2n) is 8.09. The Kier molecular flexibility index (Phi) is 6.62. The van der Waals surface area contributed by atoms with Gasteiger partial charge in [-0.15, -0.1) is 0 Å². The molecule has 0 N–H and O–H groups in total. The van der Waals surface area contributed by atoms with Gasteiger partial charge in [0.05, 0.1) is 24.7 Å². The Labute approximate surface area is 163 Å². The highest BCUT2D eigenvalue weighted by molar-refractivity contribution is 7.86. The van der Waals surface area contributed by atoms with Crippen LogP contribution in [0.5, 0.6) is 0 Å². The van der Waals surface area contributed by atoms with E-state index in [1.54, 1.807) is 24.3 Å². The Balaban J connectivity index is 1.67. The molecular formula is C21H32O5S. The SMILES string of the molecule is CCCCCC1(COS(=O)(=O)c2ccc(C)cc2)CCC2(CC1)OCCO2. The lowest BCUT2D eigenvalue weighted by Gasteiger charge is -2.43. The van der Waals surface area contributed by atoms with Gasteiger partial charge in [-0.2, -0.15) is 8.42 Å². The van der Waals surface area contributed by atoms with Gasteiger partial charge in [0.1, 0.15) is 0 Å². The first-order valence-electron chi connectivity index (χ1n) is 10.1. The molecule has 1 saturated heterocycles. The summed E-state index contributed by atoms with van der Waals surface area (Å²) in [6, 6.07) is 6.83. The lowest BCUT2D eigenvalue weighted by atomic mass is 9.69. The molecule has 1 aromatic rings. The minimum absolute atomic E-state index is 0.118. The summed E-state index contributed by atoms with van der Waals surface area (Å²) < 4.78 is 42.5. The van der Waals surface area contributed by atoms with Crippen LogP contribution in [0.25, 0.3) is 0 Å². The molecule has 0 bridgehead atoms. The summed E-state index contributed by atoms with van der Waals surface area (Å²) in [5, 5.41) is 0. The maximum absolute atomic E-state index is 12.6. The Hall–Kier alpha value is -0.950. The van der Waals surface area contributed by atoms with E-state index in [9.17, 15) is 8.42 Å². The van der Waals surface area contributed by atoms with Crippen LogP contribution in [-0.4, -0.2) is 34.0 Å². The first kappa shape index (κ1) is 20.8. The van der Waals surface area contributed by atoms with Crippen molar-refractivity contribution >= 4 is 10.1 Å². The molecular weight excluding hydrogens is 364 g/mol. The molecule has 0 unspecified atom stereocenters. The summed E-state index contributed by atoms with van der Waals surface area (Å²) in [6.07, 6.45) is 7.76. The van der Waals surface area contributed by atoms with Crippen LogP contribution >= 0.6 is 0 Å². The van der Waals surface area contributed by atoms with Crippen molar-refractivity contribution in [1.29, 1.82) is 0 Å². The number of hydrogen-bond acceptors (Lipinski definition) is 5. The number of ether oxygens (including phenoxy) is 2. The molecule has 1 aliphatic carbocycles. The van der Waals surface area contributed by atoms with Crippen LogP contribution in [0.4, 0.5) is 0 Å². The van der Waals surface area contributed by atoms with E-state index in [2.05, 4.69) is 6.92 Å². The Morgan fingerprint density at radius 2 is 1.63 bits per heavy atom. The van der Waals surface area contributed by atoms with E-state index in [1.807, 2.05) is 6.92 Å². The molecule has 152 valence electrons. The molecule has 6 heteroatoms. The van der Waals surface area contributed by atoms with E-state index in [0.29, 0.717) is 13.2 Å². The van der Waals surface area contributed by atoms with Gasteiger partial charge in [-0.25, -0.2) is 0 Å². The molecule has 27 heavy (non-hydrogen) atoms. The van der Waals surface area contributed by atoms with Gasteiger partial charge in [-0.1, -0.05) is 43.9 Å². The molecule has 1 aliphatic heterocycles. The molecule has 2 aliphatic rings. The third-order valence-electron chi connectivity index (χ3n) is 6.03. The zero-order valence-corrected chi connectivity index (χ0v) is 17.4. The lowest BCUT2D eigenvalue weighted by molar-refractivity contribution is -0.194. The Morgan fingerprint density at radius 1 is 1.00 bits per heavy atom. The van der Waals surface area contributed by atoms with Crippen LogP contribution < -0.4 is 0 Å². The third kappa shape index (κ3) is 5.11. The summed E-state index contributed by atoms with van der Waals surface area (Å²) in [5.74, 6) is -0.440. The van der Waals surface area contributed by atoms with Crippen LogP contribution in [0.1, 0.15) is 63.9 Å². The zero-order chi connectivity index (χ0) is 19.4. The van der Waals surface area contributed by atoms with Gasteiger partial charge in [-0.05, 0) is 43.7 Å². The molecule has 2 fully saturated rings. The van der Waals surface area contributed by atoms with Crippen molar-refractivity contribution in [3.05, 3.63) is 29.8 Å². The summed E-state index contributed by atoms with van der Waals surface area (Å²) in [6.45, 7) is 5.66. The molecule has 0 amide bonds. The zero-order valence-electron chi connectivity index (χ0n) is 16.5. The van der Waals surface area contributed by atoms with Gasteiger partial charge in [0, 0.05) is 12.8 Å². The smallest absolute Gasteiger partial charge is 0.296 e. The highest BCUT2D eigenvalue weighted by Gasteiger charge is 2.46. The summed E-state index contributed by atoms with van der Waals surface area (Å²) in [4.78, 5) is 0.228. The van der Waals surface area contributed by atoms with Crippen molar-refractivity contribution in [2.45, 2.75) is 75.9 Å². The normalized spacial score (nSPS) is 21.6. The van der Waals surface area contributed by atoms with Gasteiger partial charge in [0.2, 0.25) is 0 Å². The van der Waals surface area contributed by atoms with Crippen LogP contribution in [0.15, 0.2) is 29.2 Å². The van der Waals surface area contributed by atoms with Gasteiger partial charge in [-0.3, -0.25) is 4.18 Å². The van der Waals surface area contributed by atoms with Crippen molar-refractivity contribution in [2.75, 3.05) is 19.8 Å². The van der Waals surface area contributed by atoms with Crippen LogP contribution in [-0.2, 0) is 23.8 Å². The van der Waals surface area contributed by atoms with Crippen LogP contribution in [0, 0.1) is 12.3 Å². The fourth-order valence-corrected chi connectivity index (χ4v) is 5.15. The highest BCUT2D eigenvalue weighted by Crippen LogP contribution is 2.47. The molecule has 0 aromatic heterocycles. The number of aryl methyl sites for hydroxylation is 1. The highest BCUT2D eigenvalue weighted by atomic mass is 32.2. The van der Waals surface area contributed by atoms with Crippen LogP contribution in [0.2, 0.25) is 0 Å². The molecule has 1 aromatic carbocycles. The minimum Gasteiger partial charge on any atom is -0.348 e. The standard InChI is InChI=1S/C21H32O5S/c1-3-4-5-10-20(11-13-21(14-12-20)24-15-16-25-21)17-26-27(22,23)19-8-6-18(2)7-9-19/h6-9H,3-5,10-17H2,1-2H3. The average molecular weight is 397 g/mol. The summed E-state index contributed by atoms with van der Waals surface area (Å²) >= 11 is 0. The van der Waals surface area contributed by atoms with Gasteiger partial charge < -0.3 is 9.47 Å².